The number of nitrogens with two attached hydrogens (primary N) is 1. The molecule has 1 saturated heterocycles. The fourth-order valence-electron chi connectivity index (χ4n) is 1.92. The molecule has 1 saturated carbocycles. The molecule has 3 heteroatoms. The van der Waals surface area contributed by atoms with Crippen molar-refractivity contribution in [3.63, 3.8) is 0 Å². The highest BCUT2D eigenvalue weighted by atomic mass is 35.5. The van der Waals surface area contributed by atoms with Crippen molar-refractivity contribution >= 4 is 12.4 Å². The van der Waals surface area contributed by atoms with Gasteiger partial charge in [-0.1, -0.05) is 0 Å². The lowest BCUT2D eigenvalue weighted by molar-refractivity contribution is 0.0593. The van der Waals surface area contributed by atoms with Crippen LogP contribution in [-0.4, -0.2) is 19.3 Å². The molecule has 2 fully saturated rings. The van der Waals surface area contributed by atoms with Gasteiger partial charge in [-0.05, 0) is 31.1 Å². The topological polar surface area (TPSA) is 35.2 Å². The van der Waals surface area contributed by atoms with E-state index >= 15 is 0 Å². The first-order chi connectivity index (χ1) is 4.88. The van der Waals surface area contributed by atoms with Crippen LogP contribution in [0.25, 0.3) is 0 Å². The van der Waals surface area contributed by atoms with Crippen LogP contribution in [0.2, 0.25) is 0 Å². The molecule has 2 unspecified atom stereocenters. The summed E-state index contributed by atoms with van der Waals surface area (Å²) in [6.45, 7) is 1.93. The van der Waals surface area contributed by atoms with Crippen LogP contribution in [0.5, 0.6) is 0 Å². The SMILES string of the molecule is Cl.NC1CC1C1CCOCC1. The maximum Gasteiger partial charge on any atom is 0.0468 e. The fraction of sp³-hybridized carbons (Fsp3) is 1.00. The zero-order valence-electron chi connectivity index (χ0n) is 6.66. The first-order valence-corrected chi connectivity index (χ1v) is 4.21. The Hall–Kier alpha value is 0.210. The minimum absolute atomic E-state index is 0. The average Bonchev–Trinajstić information content (AvgIpc) is 2.69. The molecule has 0 radical (unpaired) electrons. The van der Waals surface area contributed by atoms with E-state index in [9.17, 15) is 0 Å². The second-order valence-electron chi connectivity index (χ2n) is 3.51. The lowest BCUT2D eigenvalue weighted by atomic mass is 9.95. The number of hydrogen-bond acceptors (Lipinski definition) is 2. The van der Waals surface area contributed by atoms with Crippen molar-refractivity contribution < 1.29 is 4.74 Å². The van der Waals surface area contributed by atoms with Gasteiger partial charge in [-0.2, -0.15) is 0 Å². The van der Waals surface area contributed by atoms with Crippen molar-refractivity contribution in [2.45, 2.75) is 25.3 Å². The van der Waals surface area contributed by atoms with E-state index in [1.165, 1.54) is 19.3 Å². The molecule has 0 aromatic carbocycles. The highest BCUT2D eigenvalue weighted by Gasteiger charge is 2.40. The molecular formula is C8H16ClNO. The Balaban J connectivity index is 0.000000605. The van der Waals surface area contributed by atoms with E-state index in [1.807, 2.05) is 0 Å². The van der Waals surface area contributed by atoms with Gasteiger partial charge in [0.1, 0.15) is 0 Å². The smallest absolute Gasteiger partial charge is 0.0468 e. The third kappa shape index (κ3) is 2.08. The van der Waals surface area contributed by atoms with Gasteiger partial charge in [-0.25, -0.2) is 0 Å². The standard InChI is InChI=1S/C8H15NO.ClH/c9-8-5-7(8)6-1-3-10-4-2-6;/h6-8H,1-5,9H2;1H. The van der Waals surface area contributed by atoms with Gasteiger partial charge in [0.2, 0.25) is 0 Å². The quantitative estimate of drug-likeness (QED) is 0.653. The third-order valence-corrected chi connectivity index (χ3v) is 2.76. The lowest BCUT2D eigenvalue weighted by Gasteiger charge is -2.21. The van der Waals surface area contributed by atoms with Crippen LogP contribution in [0.15, 0.2) is 0 Å². The van der Waals surface area contributed by atoms with Crippen LogP contribution in [0.1, 0.15) is 19.3 Å². The van der Waals surface area contributed by atoms with E-state index in [1.54, 1.807) is 0 Å². The van der Waals surface area contributed by atoms with Gasteiger partial charge in [-0.15, -0.1) is 12.4 Å². The maximum absolute atomic E-state index is 5.76. The Morgan fingerprint density at radius 3 is 2.18 bits per heavy atom. The van der Waals surface area contributed by atoms with Gasteiger partial charge in [0.15, 0.2) is 0 Å². The first kappa shape index (κ1) is 9.30. The van der Waals surface area contributed by atoms with Crippen molar-refractivity contribution in [1.29, 1.82) is 0 Å². The van der Waals surface area contributed by atoms with Crippen molar-refractivity contribution in [2.75, 3.05) is 13.2 Å². The second kappa shape index (κ2) is 3.74. The Kier molecular flexibility index (Phi) is 3.16. The molecule has 0 aromatic heterocycles. The lowest BCUT2D eigenvalue weighted by Crippen LogP contribution is -2.20. The van der Waals surface area contributed by atoms with Crippen LogP contribution >= 0.6 is 12.4 Å². The molecule has 2 aliphatic rings. The molecule has 2 atom stereocenters. The molecule has 1 aliphatic carbocycles. The fourth-order valence-corrected chi connectivity index (χ4v) is 1.92. The molecule has 66 valence electrons. The van der Waals surface area contributed by atoms with E-state index in [0.717, 1.165) is 25.0 Å². The largest absolute Gasteiger partial charge is 0.381 e. The molecule has 2 nitrogen and oxygen atoms in total. The summed E-state index contributed by atoms with van der Waals surface area (Å²) >= 11 is 0. The molecule has 11 heavy (non-hydrogen) atoms. The minimum atomic E-state index is 0. The van der Waals surface area contributed by atoms with Crippen LogP contribution in [0.3, 0.4) is 0 Å². The highest BCUT2D eigenvalue weighted by molar-refractivity contribution is 5.85. The summed E-state index contributed by atoms with van der Waals surface area (Å²) in [7, 11) is 0. The van der Waals surface area contributed by atoms with E-state index in [4.69, 9.17) is 10.5 Å². The number of rotatable bonds is 1. The summed E-state index contributed by atoms with van der Waals surface area (Å²) in [6, 6.07) is 0.531. The van der Waals surface area contributed by atoms with Crippen LogP contribution in [-0.2, 0) is 4.74 Å². The van der Waals surface area contributed by atoms with Crippen molar-refractivity contribution in [3.05, 3.63) is 0 Å². The summed E-state index contributed by atoms with van der Waals surface area (Å²) in [4.78, 5) is 0. The molecule has 0 bridgehead atoms. The maximum atomic E-state index is 5.76. The average molecular weight is 178 g/mol. The summed E-state index contributed by atoms with van der Waals surface area (Å²) in [6.07, 6.45) is 3.77. The zero-order valence-corrected chi connectivity index (χ0v) is 7.48. The van der Waals surface area contributed by atoms with Gasteiger partial charge in [0, 0.05) is 19.3 Å². The summed E-state index contributed by atoms with van der Waals surface area (Å²) < 4.78 is 5.27. The normalized spacial score (nSPS) is 37.9. The van der Waals surface area contributed by atoms with Crippen molar-refractivity contribution in [3.8, 4) is 0 Å². The molecular weight excluding hydrogens is 162 g/mol. The zero-order chi connectivity index (χ0) is 6.97. The number of ether oxygens (including phenoxy) is 1. The minimum Gasteiger partial charge on any atom is -0.381 e. The van der Waals surface area contributed by atoms with Crippen LogP contribution in [0.4, 0.5) is 0 Å². The molecule has 1 heterocycles. The third-order valence-electron chi connectivity index (χ3n) is 2.76. The molecule has 2 rings (SSSR count). The second-order valence-corrected chi connectivity index (χ2v) is 3.51. The highest BCUT2D eigenvalue weighted by Crippen LogP contribution is 2.40. The Morgan fingerprint density at radius 1 is 1.18 bits per heavy atom. The Morgan fingerprint density at radius 2 is 1.73 bits per heavy atom. The van der Waals surface area contributed by atoms with Crippen molar-refractivity contribution in [2.24, 2.45) is 17.6 Å². The van der Waals surface area contributed by atoms with E-state index < -0.39 is 0 Å². The monoisotopic (exact) mass is 177 g/mol. The predicted octanol–water partition coefficient (Wildman–Crippen LogP) is 1.18. The summed E-state index contributed by atoms with van der Waals surface area (Å²) in [5.74, 6) is 1.74. The Bertz CT molecular complexity index is 125. The summed E-state index contributed by atoms with van der Waals surface area (Å²) in [5, 5.41) is 0. The molecule has 0 amide bonds. The van der Waals surface area contributed by atoms with Crippen molar-refractivity contribution in [1.82, 2.24) is 0 Å². The van der Waals surface area contributed by atoms with Gasteiger partial charge < -0.3 is 10.5 Å². The van der Waals surface area contributed by atoms with E-state index in [0.29, 0.717) is 6.04 Å². The van der Waals surface area contributed by atoms with Gasteiger partial charge in [0.25, 0.3) is 0 Å². The Labute approximate surface area is 73.9 Å². The van der Waals surface area contributed by atoms with E-state index in [-0.39, 0.29) is 12.4 Å². The van der Waals surface area contributed by atoms with Gasteiger partial charge >= 0.3 is 0 Å². The van der Waals surface area contributed by atoms with E-state index in [2.05, 4.69) is 0 Å². The molecule has 0 spiro atoms. The predicted molar refractivity (Wildman–Crippen MR) is 46.9 cm³/mol. The molecule has 2 N–H and O–H groups in total. The number of halogens is 1. The van der Waals surface area contributed by atoms with Gasteiger partial charge in [-0.3, -0.25) is 0 Å². The van der Waals surface area contributed by atoms with Crippen LogP contribution < -0.4 is 5.73 Å². The summed E-state index contributed by atoms with van der Waals surface area (Å²) in [5.41, 5.74) is 5.76. The molecule has 1 aliphatic heterocycles. The first-order valence-electron chi connectivity index (χ1n) is 4.21. The molecule has 0 aromatic rings. The number of hydrogen-bond donors (Lipinski definition) is 1. The van der Waals surface area contributed by atoms with Gasteiger partial charge in [0.05, 0.1) is 0 Å². The van der Waals surface area contributed by atoms with Crippen LogP contribution in [0, 0.1) is 11.8 Å².